The molecule has 1 N–H and O–H groups in total. The number of allylic oxidation sites excluding steroid dienone is 6. The number of hydrogen-bond donors (Lipinski definition) is 1. The molecular formula is C38H33BrN4O6. The zero-order valence-corrected chi connectivity index (χ0v) is 28.5. The quantitative estimate of drug-likeness (QED) is 0.122. The smallest absolute Gasteiger partial charge is 0.238 e. The molecule has 0 radical (unpaired) electrons. The summed E-state index contributed by atoms with van der Waals surface area (Å²) in [5.74, 6) is -3.22. The number of aliphatic hydroxyl groups excluding tert-OH is 1. The lowest BCUT2D eigenvalue weighted by atomic mass is 9.59. The number of anilines is 2. The van der Waals surface area contributed by atoms with Crippen LogP contribution in [0.15, 0.2) is 116 Å². The van der Waals surface area contributed by atoms with Gasteiger partial charge in [0.1, 0.15) is 12.4 Å². The largest absolute Gasteiger partial charge is 0.491 e. The van der Waals surface area contributed by atoms with Gasteiger partial charge in [0.25, 0.3) is 0 Å². The Bertz CT molecular complexity index is 2000. The number of amides is 2. The summed E-state index contributed by atoms with van der Waals surface area (Å²) >= 11 is 3.27. The molecule has 10 nitrogen and oxygen atoms in total. The van der Waals surface area contributed by atoms with Gasteiger partial charge >= 0.3 is 0 Å². The maximum Gasteiger partial charge on any atom is 0.238 e. The maximum absolute atomic E-state index is 14.3. The van der Waals surface area contributed by atoms with Crippen molar-refractivity contribution in [1.82, 2.24) is 0 Å². The van der Waals surface area contributed by atoms with E-state index in [-0.39, 0.29) is 47.5 Å². The molecule has 11 heteroatoms. The van der Waals surface area contributed by atoms with Gasteiger partial charge in [-0.05, 0) is 89.3 Å². The van der Waals surface area contributed by atoms with Crippen molar-refractivity contribution in [3.8, 4) is 5.75 Å². The molecule has 1 fully saturated rings. The van der Waals surface area contributed by atoms with Crippen LogP contribution >= 0.6 is 15.9 Å². The number of rotatable bonds is 8. The lowest BCUT2D eigenvalue weighted by Gasteiger charge is -2.42. The summed E-state index contributed by atoms with van der Waals surface area (Å²) in [7, 11) is 3.93. The highest BCUT2D eigenvalue weighted by atomic mass is 79.9. The van der Waals surface area contributed by atoms with E-state index >= 15 is 0 Å². The Morgan fingerprint density at radius 3 is 2.24 bits per heavy atom. The number of hydrogen-bond acceptors (Lipinski definition) is 9. The summed E-state index contributed by atoms with van der Waals surface area (Å²) in [4.78, 5) is 58.6. The molecule has 1 heterocycles. The number of aliphatic hydroxyl groups is 1. The molecule has 1 aliphatic heterocycles. The van der Waals surface area contributed by atoms with Crippen molar-refractivity contribution < 1.29 is 29.0 Å². The third kappa shape index (κ3) is 5.76. The molecule has 3 aromatic carbocycles. The number of ketones is 2. The van der Waals surface area contributed by atoms with E-state index in [2.05, 4.69) is 26.2 Å². The van der Waals surface area contributed by atoms with Crippen molar-refractivity contribution in [2.45, 2.75) is 18.8 Å². The number of carbonyl (C=O) groups excluding carboxylic acids is 4. The number of Topliss-reactive ketones (excluding diaryl/α,β-unsaturated/α-hetero) is 1. The maximum atomic E-state index is 14.3. The van der Waals surface area contributed by atoms with Crippen LogP contribution in [0.4, 0.5) is 22.7 Å². The van der Waals surface area contributed by atoms with Crippen LogP contribution in [0.3, 0.4) is 0 Å². The van der Waals surface area contributed by atoms with Crippen molar-refractivity contribution in [3.05, 3.63) is 112 Å². The third-order valence-corrected chi connectivity index (χ3v) is 10.3. The fraction of sp³-hybridized carbons (Fsp3) is 0.263. The predicted octanol–water partition coefficient (Wildman–Crippen LogP) is 6.51. The van der Waals surface area contributed by atoms with E-state index in [0.29, 0.717) is 45.9 Å². The lowest BCUT2D eigenvalue weighted by molar-refractivity contribution is -0.123. The molecule has 0 aromatic heterocycles. The molecule has 7 rings (SSSR count). The summed E-state index contributed by atoms with van der Waals surface area (Å²) in [6, 6.07) is 21.7. The Labute approximate surface area is 291 Å². The number of halogens is 1. The number of ether oxygens (including phenoxy) is 1. The van der Waals surface area contributed by atoms with E-state index in [9.17, 15) is 24.3 Å². The standard InChI is InChI=1S/C38H33BrN4O6/c1-42(2)23-11-7-21(8-12-23)40-41-22-9-13-24(14-10-22)43-37(47)27-16-15-25-28(34(27)38(43)48)19-29-35(31(45)20-30(39)36(29)46)33(25)26-5-3-4-6-32(26)49-18-17-44/h3-15,20,27-28,33-34,44H,16-19H2,1-2H3. The van der Waals surface area contributed by atoms with Crippen LogP contribution in [0.25, 0.3) is 0 Å². The zero-order chi connectivity index (χ0) is 34.4. The number of imide groups is 1. The second kappa shape index (κ2) is 13.1. The molecule has 0 bridgehead atoms. The normalized spacial score (nSPS) is 23.3. The molecule has 248 valence electrons. The molecular weight excluding hydrogens is 688 g/mol. The van der Waals surface area contributed by atoms with Crippen LogP contribution in [-0.4, -0.2) is 55.8 Å². The molecule has 0 spiro atoms. The molecule has 4 unspecified atom stereocenters. The van der Waals surface area contributed by atoms with Gasteiger partial charge in [0, 0.05) is 48.5 Å². The topological polar surface area (TPSA) is 129 Å². The monoisotopic (exact) mass is 720 g/mol. The van der Waals surface area contributed by atoms with E-state index < -0.39 is 23.7 Å². The Balaban J connectivity index is 1.20. The summed E-state index contributed by atoms with van der Waals surface area (Å²) in [5, 5.41) is 18.1. The third-order valence-electron chi connectivity index (χ3n) is 9.67. The number of fused-ring (bicyclic) bond motifs is 3. The zero-order valence-electron chi connectivity index (χ0n) is 26.9. The number of azo groups is 1. The van der Waals surface area contributed by atoms with Crippen molar-refractivity contribution in [2.24, 2.45) is 28.0 Å². The van der Waals surface area contributed by atoms with Crippen LogP contribution in [-0.2, 0) is 19.2 Å². The van der Waals surface area contributed by atoms with E-state index in [4.69, 9.17) is 4.74 Å². The minimum absolute atomic E-state index is 0.0487. The minimum Gasteiger partial charge on any atom is -0.491 e. The highest BCUT2D eigenvalue weighted by molar-refractivity contribution is 9.12. The molecule has 49 heavy (non-hydrogen) atoms. The lowest BCUT2D eigenvalue weighted by Crippen LogP contribution is -2.39. The molecule has 3 aromatic rings. The molecule has 2 amide bonds. The first kappa shape index (κ1) is 32.5. The summed E-state index contributed by atoms with van der Waals surface area (Å²) in [6.07, 6.45) is 3.75. The summed E-state index contributed by atoms with van der Waals surface area (Å²) in [6.45, 7) is -0.149. The second-order valence-corrected chi connectivity index (χ2v) is 13.5. The van der Waals surface area contributed by atoms with Crippen molar-refractivity contribution in [1.29, 1.82) is 0 Å². The van der Waals surface area contributed by atoms with Crippen LogP contribution in [0, 0.1) is 17.8 Å². The van der Waals surface area contributed by atoms with Gasteiger partial charge in [-0.15, -0.1) is 0 Å². The van der Waals surface area contributed by atoms with Gasteiger partial charge in [0.2, 0.25) is 11.8 Å². The SMILES string of the molecule is CN(C)c1ccc(N=Nc2ccc(N3C(=O)C4CC=C5C(c6ccccc6OCCO)C6=C(CC5C4C3=O)C(=O)C(Br)=CC6=O)cc2)cc1. The molecule has 4 atom stereocenters. The number of para-hydroxylation sites is 1. The van der Waals surface area contributed by atoms with Crippen LogP contribution in [0.1, 0.15) is 24.3 Å². The molecule has 1 saturated heterocycles. The Morgan fingerprint density at radius 2 is 1.57 bits per heavy atom. The number of nitrogens with zero attached hydrogens (tertiary/aromatic N) is 4. The summed E-state index contributed by atoms with van der Waals surface area (Å²) in [5.41, 5.74) is 4.94. The average Bonchev–Trinajstić information content (AvgIpc) is 3.37. The summed E-state index contributed by atoms with van der Waals surface area (Å²) < 4.78 is 6.05. The van der Waals surface area contributed by atoms with Crippen molar-refractivity contribution >= 4 is 62.1 Å². The van der Waals surface area contributed by atoms with E-state index in [1.807, 2.05) is 61.5 Å². The van der Waals surface area contributed by atoms with E-state index in [1.54, 1.807) is 36.4 Å². The predicted molar refractivity (Wildman–Crippen MR) is 187 cm³/mol. The first-order chi connectivity index (χ1) is 23.7. The Kier molecular flexibility index (Phi) is 8.72. The van der Waals surface area contributed by atoms with Crippen molar-refractivity contribution in [2.75, 3.05) is 37.1 Å². The highest BCUT2D eigenvalue weighted by Crippen LogP contribution is 2.56. The molecule has 0 saturated carbocycles. The van der Waals surface area contributed by atoms with Gasteiger partial charge in [-0.2, -0.15) is 10.2 Å². The van der Waals surface area contributed by atoms with Gasteiger partial charge < -0.3 is 14.7 Å². The number of benzene rings is 3. The Morgan fingerprint density at radius 1 is 0.898 bits per heavy atom. The molecule has 3 aliphatic carbocycles. The van der Waals surface area contributed by atoms with E-state index in [0.717, 1.165) is 11.3 Å². The van der Waals surface area contributed by atoms with E-state index in [1.165, 1.54) is 11.0 Å². The minimum atomic E-state index is -0.716. The van der Waals surface area contributed by atoms with Crippen LogP contribution in [0.2, 0.25) is 0 Å². The Hall–Kier alpha value is -5.00. The fourth-order valence-corrected chi connectivity index (χ4v) is 7.87. The fourth-order valence-electron chi connectivity index (χ4n) is 7.42. The van der Waals surface area contributed by atoms with Gasteiger partial charge in [0.15, 0.2) is 11.6 Å². The van der Waals surface area contributed by atoms with Gasteiger partial charge in [-0.25, -0.2) is 0 Å². The first-order valence-electron chi connectivity index (χ1n) is 16.1. The first-order valence-corrected chi connectivity index (χ1v) is 16.9. The van der Waals surface area contributed by atoms with Crippen molar-refractivity contribution in [3.63, 3.8) is 0 Å². The van der Waals surface area contributed by atoms with Gasteiger partial charge in [-0.3, -0.25) is 24.1 Å². The van der Waals surface area contributed by atoms with Crippen LogP contribution in [0.5, 0.6) is 5.75 Å². The van der Waals surface area contributed by atoms with Gasteiger partial charge in [-0.1, -0.05) is 29.8 Å². The highest BCUT2D eigenvalue weighted by Gasteiger charge is 2.57. The molecule has 4 aliphatic rings. The average molecular weight is 722 g/mol. The van der Waals surface area contributed by atoms with Gasteiger partial charge in [0.05, 0.1) is 40.0 Å². The number of carbonyl (C=O) groups is 4. The second-order valence-electron chi connectivity index (χ2n) is 12.6. The van der Waals surface area contributed by atoms with Crippen LogP contribution < -0.4 is 14.5 Å².